The van der Waals surface area contributed by atoms with Crippen LogP contribution in [0.2, 0.25) is 0 Å². The maximum absolute atomic E-state index is 9.47. The minimum Gasteiger partial charge on any atom is -0.506 e. The molecule has 0 bridgehead atoms. The number of hydrogen-bond acceptors (Lipinski definition) is 4. The maximum Gasteiger partial charge on any atom is 0.139 e. The van der Waals surface area contributed by atoms with Crippen LogP contribution in [-0.2, 0) is 0 Å². The number of nitrogens with one attached hydrogen (secondary N) is 1. The molecule has 4 nitrogen and oxygen atoms in total. The fraction of sp³-hybridized carbons (Fsp3) is 0. The quantitative estimate of drug-likeness (QED) is 0.705. The van der Waals surface area contributed by atoms with Crippen LogP contribution in [0.3, 0.4) is 0 Å². The number of anilines is 2. The van der Waals surface area contributed by atoms with Crippen molar-refractivity contribution in [2.24, 2.45) is 0 Å². The summed E-state index contributed by atoms with van der Waals surface area (Å²) in [7, 11) is 0. The number of phenols is 1. The lowest BCUT2D eigenvalue weighted by Gasteiger charge is -2.06. The van der Waals surface area contributed by atoms with Crippen molar-refractivity contribution in [1.29, 1.82) is 0 Å². The Morgan fingerprint density at radius 1 is 1.07 bits per heavy atom. The van der Waals surface area contributed by atoms with Crippen molar-refractivity contribution >= 4 is 11.4 Å². The maximum atomic E-state index is 9.47. The largest absolute Gasteiger partial charge is 0.506 e. The van der Waals surface area contributed by atoms with Gasteiger partial charge in [-0.3, -0.25) is 0 Å². The Morgan fingerprint density at radius 3 is 2.50 bits per heavy atom. The van der Waals surface area contributed by atoms with Crippen LogP contribution in [0.5, 0.6) is 5.75 Å². The number of hydrogen-bond donors (Lipinski definition) is 2. The molecule has 14 heavy (non-hydrogen) atoms. The summed E-state index contributed by atoms with van der Waals surface area (Å²) in [6.45, 7) is 0. The van der Waals surface area contributed by atoms with Crippen LogP contribution in [0, 0.1) is 0 Å². The van der Waals surface area contributed by atoms with Crippen molar-refractivity contribution in [3.63, 3.8) is 0 Å². The Morgan fingerprint density at radius 2 is 1.79 bits per heavy atom. The summed E-state index contributed by atoms with van der Waals surface area (Å²) in [5.74, 6) is 0.205. The van der Waals surface area contributed by atoms with Crippen LogP contribution in [0.4, 0.5) is 11.4 Å². The van der Waals surface area contributed by atoms with Crippen LogP contribution in [0.25, 0.3) is 0 Å². The Kier molecular flexibility index (Phi) is 2.27. The Hall–Kier alpha value is -2.10. The summed E-state index contributed by atoms with van der Waals surface area (Å²) in [5.41, 5.74) is 1.39. The highest BCUT2D eigenvalue weighted by Gasteiger charge is 1.98. The highest BCUT2D eigenvalue weighted by molar-refractivity contribution is 5.64. The molecule has 0 radical (unpaired) electrons. The number of benzene rings is 1. The van der Waals surface area contributed by atoms with E-state index in [9.17, 15) is 5.11 Å². The zero-order valence-electron chi connectivity index (χ0n) is 7.38. The minimum atomic E-state index is 0.205. The Bertz CT molecular complexity index is 417. The second-order valence-electron chi connectivity index (χ2n) is 2.77. The molecule has 4 heteroatoms. The van der Waals surface area contributed by atoms with Gasteiger partial charge < -0.3 is 10.4 Å². The van der Waals surface area contributed by atoms with E-state index in [-0.39, 0.29) is 5.75 Å². The van der Waals surface area contributed by atoms with Crippen molar-refractivity contribution in [2.75, 3.05) is 5.32 Å². The minimum absolute atomic E-state index is 0.205. The van der Waals surface area contributed by atoms with Crippen molar-refractivity contribution < 1.29 is 5.11 Å². The molecule has 0 amide bonds. The summed E-state index contributed by atoms with van der Waals surface area (Å²) in [6.07, 6.45) is 4.73. The van der Waals surface area contributed by atoms with Gasteiger partial charge in [0.2, 0.25) is 0 Å². The van der Waals surface area contributed by atoms with Gasteiger partial charge in [0.05, 0.1) is 23.8 Å². The highest BCUT2D eigenvalue weighted by Crippen LogP contribution is 2.24. The van der Waals surface area contributed by atoms with Crippen LogP contribution >= 0.6 is 0 Å². The third-order valence-electron chi connectivity index (χ3n) is 1.74. The molecule has 1 heterocycles. The van der Waals surface area contributed by atoms with Gasteiger partial charge in [0.25, 0.3) is 0 Å². The van der Waals surface area contributed by atoms with Gasteiger partial charge in [0.1, 0.15) is 12.1 Å². The first-order valence-corrected chi connectivity index (χ1v) is 4.16. The molecule has 0 fully saturated rings. The Balaban J connectivity index is 2.24. The number of rotatable bonds is 2. The van der Waals surface area contributed by atoms with Crippen molar-refractivity contribution in [3.05, 3.63) is 43.0 Å². The molecule has 1 aromatic heterocycles. The first-order chi connectivity index (χ1) is 6.86. The van der Waals surface area contributed by atoms with Gasteiger partial charge in [-0.25, -0.2) is 9.97 Å². The van der Waals surface area contributed by atoms with E-state index in [1.807, 2.05) is 6.07 Å². The molecule has 0 saturated heterocycles. The number of phenolic OH excluding ortho intramolecular Hbond substituents is 1. The lowest BCUT2D eigenvalue weighted by molar-refractivity contribution is 0.478. The van der Waals surface area contributed by atoms with Gasteiger partial charge in [-0.05, 0) is 12.1 Å². The third-order valence-corrected chi connectivity index (χ3v) is 1.74. The molecule has 0 aliphatic rings. The molecule has 0 saturated carbocycles. The SMILES string of the molecule is Oc1ccccc1Nc1cncnc1. The molecule has 0 spiro atoms. The zero-order valence-corrected chi connectivity index (χ0v) is 7.38. The molecule has 0 atom stereocenters. The van der Waals surface area contributed by atoms with E-state index in [0.717, 1.165) is 5.69 Å². The molecule has 2 rings (SSSR count). The topological polar surface area (TPSA) is 58.0 Å². The molecule has 2 aromatic rings. The second-order valence-corrected chi connectivity index (χ2v) is 2.77. The van der Waals surface area contributed by atoms with Crippen molar-refractivity contribution in [1.82, 2.24) is 9.97 Å². The molecule has 0 unspecified atom stereocenters. The molecular formula is C10H9N3O. The lowest BCUT2D eigenvalue weighted by Crippen LogP contribution is -1.91. The van der Waals surface area contributed by atoms with E-state index in [4.69, 9.17) is 0 Å². The normalized spacial score (nSPS) is 9.71. The van der Waals surface area contributed by atoms with E-state index >= 15 is 0 Å². The van der Waals surface area contributed by atoms with Gasteiger partial charge in [0, 0.05) is 0 Å². The van der Waals surface area contributed by atoms with E-state index in [1.165, 1.54) is 6.33 Å². The van der Waals surface area contributed by atoms with E-state index in [1.54, 1.807) is 30.6 Å². The zero-order chi connectivity index (χ0) is 9.80. The van der Waals surface area contributed by atoms with Gasteiger partial charge >= 0.3 is 0 Å². The van der Waals surface area contributed by atoms with E-state index < -0.39 is 0 Å². The first kappa shape index (κ1) is 8.50. The van der Waals surface area contributed by atoms with Gasteiger partial charge in [-0.1, -0.05) is 12.1 Å². The predicted octanol–water partition coefficient (Wildman–Crippen LogP) is 1.93. The molecule has 0 aliphatic carbocycles. The third kappa shape index (κ3) is 1.80. The van der Waals surface area contributed by atoms with Gasteiger partial charge in [-0.2, -0.15) is 0 Å². The monoisotopic (exact) mass is 187 g/mol. The fourth-order valence-electron chi connectivity index (χ4n) is 1.10. The van der Waals surface area contributed by atoms with Crippen LogP contribution in [0.1, 0.15) is 0 Å². The summed E-state index contributed by atoms with van der Waals surface area (Å²) < 4.78 is 0. The smallest absolute Gasteiger partial charge is 0.139 e. The summed E-state index contributed by atoms with van der Waals surface area (Å²) in [6, 6.07) is 7.00. The molecule has 0 aliphatic heterocycles. The van der Waals surface area contributed by atoms with Crippen molar-refractivity contribution in [2.45, 2.75) is 0 Å². The van der Waals surface area contributed by atoms with E-state index in [0.29, 0.717) is 5.69 Å². The molecule has 1 aromatic carbocycles. The highest BCUT2D eigenvalue weighted by atomic mass is 16.3. The standard InChI is InChI=1S/C10H9N3O/c14-10-4-2-1-3-9(10)13-8-5-11-7-12-6-8/h1-7,13-14H. The van der Waals surface area contributed by atoms with Gasteiger partial charge in [-0.15, -0.1) is 0 Å². The predicted molar refractivity (Wildman–Crippen MR) is 53.4 cm³/mol. The number of para-hydroxylation sites is 2. The lowest BCUT2D eigenvalue weighted by atomic mass is 10.3. The summed E-state index contributed by atoms with van der Waals surface area (Å²) in [4.78, 5) is 7.71. The van der Waals surface area contributed by atoms with Crippen LogP contribution < -0.4 is 5.32 Å². The number of aromatic hydroxyl groups is 1. The van der Waals surface area contributed by atoms with Crippen LogP contribution in [0.15, 0.2) is 43.0 Å². The van der Waals surface area contributed by atoms with Crippen molar-refractivity contribution in [3.8, 4) is 5.75 Å². The fourth-order valence-corrected chi connectivity index (χ4v) is 1.10. The van der Waals surface area contributed by atoms with E-state index in [2.05, 4.69) is 15.3 Å². The average Bonchev–Trinajstić information content (AvgIpc) is 2.23. The number of aromatic nitrogens is 2. The Labute approximate surface area is 81.3 Å². The second kappa shape index (κ2) is 3.74. The van der Waals surface area contributed by atoms with Gasteiger partial charge in [0.15, 0.2) is 0 Å². The molecule has 2 N–H and O–H groups in total. The average molecular weight is 187 g/mol. The van der Waals surface area contributed by atoms with Crippen LogP contribution in [-0.4, -0.2) is 15.1 Å². The molecular weight excluding hydrogens is 178 g/mol. The first-order valence-electron chi connectivity index (χ1n) is 4.16. The molecule has 70 valence electrons. The summed E-state index contributed by atoms with van der Waals surface area (Å²) in [5, 5.41) is 12.5. The number of nitrogens with zero attached hydrogens (tertiary/aromatic N) is 2. The summed E-state index contributed by atoms with van der Waals surface area (Å²) >= 11 is 0.